The first-order chi connectivity index (χ1) is 8.65. The second-order valence-electron chi connectivity index (χ2n) is 4.32. The van der Waals surface area contributed by atoms with E-state index in [1.807, 2.05) is 0 Å². The van der Waals surface area contributed by atoms with Crippen molar-refractivity contribution >= 4 is 24.3 Å². The maximum Gasteiger partial charge on any atom is 0.307 e. The highest BCUT2D eigenvalue weighted by atomic mass is 35.5. The average Bonchev–Trinajstić information content (AvgIpc) is 2.39. The van der Waals surface area contributed by atoms with Gasteiger partial charge in [0.05, 0.1) is 19.1 Å². The van der Waals surface area contributed by atoms with Crippen LogP contribution in [0.1, 0.15) is 26.2 Å². The SMILES string of the molecule is CCOC(=O)CCNC(=O)C(N)C1CCOCC1.Cl. The first-order valence-electron chi connectivity index (χ1n) is 6.41. The van der Waals surface area contributed by atoms with Gasteiger partial charge in [-0.05, 0) is 25.7 Å². The van der Waals surface area contributed by atoms with E-state index >= 15 is 0 Å². The fourth-order valence-electron chi connectivity index (χ4n) is 1.93. The van der Waals surface area contributed by atoms with Gasteiger partial charge < -0.3 is 20.5 Å². The van der Waals surface area contributed by atoms with E-state index in [9.17, 15) is 9.59 Å². The predicted octanol–water partition coefficient (Wildman–Crippen LogP) is 0.232. The molecular formula is C12H23ClN2O4. The van der Waals surface area contributed by atoms with Crippen molar-refractivity contribution in [3.63, 3.8) is 0 Å². The van der Waals surface area contributed by atoms with Crippen molar-refractivity contribution < 1.29 is 19.1 Å². The van der Waals surface area contributed by atoms with Crippen LogP contribution in [0, 0.1) is 5.92 Å². The third-order valence-corrected chi connectivity index (χ3v) is 3.01. The summed E-state index contributed by atoms with van der Waals surface area (Å²) >= 11 is 0. The molecule has 3 N–H and O–H groups in total. The molecule has 6 nitrogen and oxygen atoms in total. The maximum absolute atomic E-state index is 11.8. The Labute approximate surface area is 119 Å². The minimum absolute atomic E-state index is 0. The maximum atomic E-state index is 11.8. The van der Waals surface area contributed by atoms with Crippen LogP contribution >= 0.6 is 12.4 Å². The standard InChI is InChI=1S/C12H22N2O4.ClH/c1-2-18-10(15)3-6-14-12(16)11(13)9-4-7-17-8-5-9;/h9,11H,2-8,13H2,1H3,(H,14,16);1H. The summed E-state index contributed by atoms with van der Waals surface area (Å²) in [5.74, 6) is -0.343. The van der Waals surface area contributed by atoms with Gasteiger partial charge >= 0.3 is 5.97 Å². The highest BCUT2D eigenvalue weighted by molar-refractivity contribution is 5.85. The molecule has 0 aromatic rings. The zero-order valence-electron chi connectivity index (χ0n) is 11.2. The molecule has 0 saturated carbocycles. The minimum Gasteiger partial charge on any atom is -0.466 e. The number of nitrogens with two attached hydrogens (primary N) is 1. The molecule has 0 aliphatic carbocycles. The van der Waals surface area contributed by atoms with E-state index in [-0.39, 0.29) is 43.2 Å². The van der Waals surface area contributed by atoms with Crippen molar-refractivity contribution in [2.45, 2.75) is 32.2 Å². The van der Waals surface area contributed by atoms with Gasteiger partial charge in [0.2, 0.25) is 5.91 Å². The van der Waals surface area contributed by atoms with E-state index in [0.717, 1.165) is 12.8 Å². The van der Waals surface area contributed by atoms with E-state index in [0.29, 0.717) is 19.8 Å². The Morgan fingerprint density at radius 2 is 2.05 bits per heavy atom. The molecule has 19 heavy (non-hydrogen) atoms. The Morgan fingerprint density at radius 1 is 1.42 bits per heavy atom. The van der Waals surface area contributed by atoms with Gasteiger partial charge in [0.25, 0.3) is 0 Å². The summed E-state index contributed by atoms with van der Waals surface area (Å²) in [6.07, 6.45) is 1.80. The number of amides is 1. The number of carbonyl (C=O) groups excluding carboxylic acids is 2. The Balaban J connectivity index is 0.00000324. The number of ether oxygens (including phenoxy) is 2. The van der Waals surface area contributed by atoms with Gasteiger partial charge in [-0.1, -0.05) is 0 Å². The van der Waals surface area contributed by atoms with Gasteiger partial charge in [-0.2, -0.15) is 0 Å². The molecule has 0 aromatic heterocycles. The molecule has 1 unspecified atom stereocenters. The average molecular weight is 295 g/mol. The number of rotatable bonds is 6. The van der Waals surface area contributed by atoms with Crippen LogP contribution in [0.5, 0.6) is 0 Å². The van der Waals surface area contributed by atoms with Gasteiger partial charge in [-0.3, -0.25) is 9.59 Å². The van der Waals surface area contributed by atoms with Crippen molar-refractivity contribution in [1.29, 1.82) is 0 Å². The zero-order chi connectivity index (χ0) is 13.4. The molecule has 1 aliphatic rings. The van der Waals surface area contributed by atoms with Crippen LogP contribution in [0.15, 0.2) is 0 Å². The van der Waals surface area contributed by atoms with Crippen LogP contribution in [-0.4, -0.2) is 44.3 Å². The summed E-state index contributed by atoms with van der Waals surface area (Å²) in [6.45, 7) is 3.70. The van der Waals surface area contributed by atoms with Gasteiger partial charge in [0, 0.05) is 19.8 Å². The fourth-order valence-corrected chi connectivity index (χ4v) is 1.93. The Bertz CT molecular complexity index is 283. The number of hydrogen-bond acceptors (Lipinski definition) is 5. The van der Waals surface area contributed by atoms with Crippen molar-refractivity contribution in [2.24, 2.45) is 11.7 Å². The van der Waals surface area contributed by atoms with E-state index in [1.54, 1.807) is 6.92 Å². The van der Waals surface area contributed by atoms with E-state index < -0.39 is 6.04 Å². The topological polar surface area (TPSA) is 90.7 Å². The van der Waals surface area contributed by atoms with Gasteiger partial charge in [0.1, 0.15) is 0 Å². The number of halogens is 1. The van der Waals surface area contributed by atoms with Crippen LogP contribution in [0.2, 0.25) is 0 Å². The lowest BCUT2D eigenvalue weighted by Crippen LogP contribution is -2.47. The fraction of sp³-hybridized carbons (Fsp3) is 0.833. The van der Waals surface area contributed by atoms with Crippen LogP contribution < -0.4 is 11.1 Å². The third-order valence-electron chi connectivity index (χ3n) is 3.01. The third kappa shape index (κ3) is 6.75. The Morgan fingerprint density at radius 3 is 2.63 bits per heavy atom. The van der Waals surface area contributed by atoms with Gasteiger partial charge in [-0.25, -0.2) is 0 Å². The largest absolute Gasteiger partial charge is 0.466 e. The summed E-state index contributed by atoms with van der Waals surface area (Å²) < 4.78 is 9.98. The van der Waals surface area contributed by atoms with Crippen molar-refractivity contribution in [1.82, 2.24) is 5.32 Å². The monoisotopic (exact) mass is 294 g/mol. The molecule has 1 fully saturated rings. The molecule has 0 bridgehead atoms. The lowest BCUT2D eigenvalue weighted by atomic mass is 9.92. The number of hydrogen-bond donors (Lipinski definition) is 2. The van der Waals surface area contributed by atoms with Crippen LogP contribution in [0.3, 0.4) is 0 Å². The molecule has 112 valence electrons. The van der Waals surface area contributed by atoms with Crippen LogP contribution in [0.4, 0.5) is 0 Å². The first kappa shape index (κ1) is 18.1. The molecule has 1 atom stereocenters. The van der Waals surface area contributed by atoms with Crippen molar-refractivity contribution in [3.05, 3.63) is 0 Å². The molecule has 1 saturated heterocycles. The minimum atomic E-state index is -0.518. The van der Waals surface area contributed by atoms with Crippen molar-refractivity contribution in [2.75, 3.05) is 26.4 Å². The smallest absolute Gasteiger partial charge is 0.307 e. The first-order valence-corrected chi connectivity index (χ1v) is 6.41. The molecule has 0 aromatic carbocycles. The highest BCUT2D eigenvalue weighted by Gasteiger charge is 2.26. The molecule has 1 rings (SSSR count). The highest BCUT2D eigenvalue weighted by Crippen LogP contribution is 2.17. The summed E-state index contributed by atoms with van der Waals surface area (Å²) in [5.41, 5.74) is 5.88. The normalized spacial score (nSPS) is 17.2. The summed E-state index contributed by atoms with van der Waals surface area (Å²) in [6, 6.07) is -0.518. The summed E-state index contributed by atoms with van der Waals surface area (Å²) in [5, 5.41) is 2.66. The molecule has 7 heteroatoms. The zero-order valence-corrected chi connectivity index (χ0v) is 12.0. The molecule has 1 heterocycles. The summed E-state index contributed by atoms with van der Waals surface area (Å²) in [4.78, 5) is 22.8. The molecule has 1 amide bonds. The number of esters is 1. The second kappa shape index (κ2) is 10.00. The van der Waals surface area contributed by atoms with Gasteiger partial charge in [-0.15, -0.1) is 12.4 Å². The van der Waals surface area contributed by atoms with E-state index in [1.165, 1.54) is 0 Å². The Kier molecular flexibility index (Phi) is 9.55. The lowest BCUT2D eigenvalue weighted by Gasteiger charge is -2.26. The van der Waals surface area contributed by atoms with Crippen LogP contribution in [-0.2, 0) is 19.1 Å². The van der Waals surface area contributed by atoms with Gasteiger partial charge in [0.15, 0.2) is 0 Å². The molecule has 1 aliphatic heterocycles. The van der Waals surface area contributed by atoms with Crippen LogP contribution in [0.25, 0.3) is 0 Å². The molecule has 0 radical (unpaired) electrons. The summed E-state index contributed by atoms with van der Waals surface area (Å²) in [7, 11) is 0. The van der Waals surface area contributed by atoms with E-state index in [4.69, 9.17) is 15.2 Å². The predicted molar refractivity (Wildman–Crippen MR) is 73.0 cm³/mol. The Hall–Kier alpha value is -0.850. The number of carbonyl (C=O) groups is 2. The lowest BCUT2D eigenvalue weighted by molar-refractivity contribution is -0.143. The van der Waals surface area contributed by atoms with E-state index in [2.05, 4.69) is 5.32 Å². The molecular weight excluding hydrogens is 272 g/mol. The second-order valence-corrected chi connectivity index (χ2v) is 4.32. The number of nitrogens with one attached hydrogen (secondary N) is 1. The quantitative estimate of drug-likeness (QED) is 0.685. The molecule has 0 spiro atoms. The van der Waals surface area contributed by atoms with Crippen molar-refractivity contribution in [3.8, 4) is 0 Å².